The molecule has 0 spiro atoms. The first kappa shape index (κ1) is 19.4. The summed E-state index contributed by atoms with van der Waals surface area (Å²) in [6.45, 7) is 19.2. The zero-order valence-electron chi connectivity index (χ0n) is 12.5. The SMILES string of the molecule is CC(C)P(=[Te])(NP(=[Te])(C(C)C)C(C)C)C(C)C. The van der Waals surface area contributed by atoms with E-state index < -0.39 is 9.28 Å². The molecule has 5 heteroatoms. The van der Waals surface area contributed by atoms with Gasteiger partial charge >= 0.3 is 135 Å². The van der Waals surface area contributed by atoms with E-state index in [0.717, 1.165) is 22.6 Å². The van der Waals surface area contributed by atoms with Crippen LogP contribution in [0.3, 0.4) is 0 Å². The van der Waals surface area contributed by atoms with E-state index in [1.165, 1.54) is 0 Å². The Labute approximate surface area is 133 Å². The molecule has 17 heavy (non-hydrogen) atoms. The molecule has 0 aliphatic heterocycles. The van der Waals surface area contributed by atoms with Gasteiger partial charge in [-0.3, -0.25) is 0 Å². The van der Waals surface area contributed by atoms with Gasteiger partial charge in [-0.25, -0.2) is 0 Å². The molecule has 0 amide bonds. The number of nitrogens with one attached hydrogen (secondary N) is 1. The van der Waals surface area contributed by atoms with Gasteiger partial charge in [0.25, 0.3) is 0 Å². The minimum atomic E-state index is -1.03. The standard InChI is InChI=1S/C12H29NP2Te2/c1-9(2)14(16,10(3)4)13-15(17,11(5)6)12(7)8/h9-12H,1-8H3,(H,13,16,17). The zero-order valence-corrected chi connectivity index (χ0v) is 19.0. The predicted octanol–water partition coefficient (Wildman–Crippen LogP) is 4.24. The fourth-order valence-corrected chi connectivity index (χ4v) is 21.4. The van der Waals surface area contributed by atoms with Crippen molar-refractivity contribution in [3.63, 3.8) is 0 Å². The summed E-state index contributed by atoms with van der Waals surface area (Å²) >= 11 is 4.87. The summed E-state index contributed by atoms with van der Waals surface area (Å²) in [5.74, 6) is 0. The van der Waals surface area contributed by atoms with E-state index in [9.17, 15) is 0 Å². The third-order valence-corrected chi connectivity index (χ3v) is 30.7. The molecular formula is C12H29NP2Te2. The minimum absolute atomic E-state index is 0.783. The van der Waals surface area contributed by atoms with Crippen molar-refractivity contribution < 1.29 is 0 Å². The predicted molar refractivity (Wildman–Crippen MR) is 89.0 cm³/mol. The molecule has 0 fully saturated rings. The fourth-order valence-electron chi connectivity index (χ4n) is 1.90. The van der Waals surface area contributed by atoms with E-state index in [-0.39, 0.29) is 0 Å². The van der Waals surface area contributed by atoms with Gasteiger partial charge in [0, 0.05) is 0 Å². The van der Waals surface area contributed by atoms with Crippen LogP contribution in [0.1, 0.15) is 55.4 Å². The van der Waals surface area contributed by atoms with Crippen molar-refractivity contribution in [1.29, 1.82) is 0 Å². The molecule has 0 aromatic carbocycles. The van der Waals surface area contributed by atoms with Crippen LogP contribution in [0.4, 0.5) is 0 Å². The van der Waals surface area contributed by atoms with Gasteiger partial charge in [0.1, 0.15) is 0 Å². The Morgan fingerprint density at radius 3 is 0.882 bits per heavy atom. The van der Waals surface area contributed by atoms with Gasteiger partial charge in [-0.2, -0.15) is 0 Å². The van der Waals surface area contributed by atoms with Gasteiger partial charge in [0.15, 0.2) is 0 Å². The molecule has 1 nitrogen and oxygen atoms in total. The number of rotatable bonds is 6. The summed E-state index contributed by atoms with van der Waals surface area (Å²) in [6, 6.07) is 0. The van der Waals surface area contributed by atoms with E-state index in [1.807, 2.05) is 0 Å². The molecule has 0 radical (unpaired) electrons. The van der Waals surface area contributed by atoms with Crippen LogP contribution in [0.15, 0.2) is 0 Å². The Kier molecular flexibility index (Phi) is 8.47. The molecule has 1 N–H and O–H groups in total. The van der Waals surface area contributed by atoms with Gasteiger partial charge in [0.2, 0.25) is 0 Å². The molecule has 0 unspecified atom stereocenters. The maximum atomic E-state index is 4.24. The van der Waals surface area contributed by atoms with E-state index in [4.69, 9.17) is 0 Å². The van der Waals surface area contributed by atoms with Gasteiger partial charge in [0.05, 0.1) is 0 Å². The van der Waals surface area contributed by atoms with Crippen LogP contribution in [0.5, 0.6) is 0 Å². The van der Waals surface area contributed by atoms with Crippen LogP contribution in [0, 0.1) is 0 Å². The molecule has 0 aromatic heterocycles. The van der Waals surface area contributed by atoms with Crippen molar-refractivity contribution in [3.8, 4) is 0 Å². The summed E-state index contributed by atoms with van der Waals surface area (Å²) in [4.78, 5) is 4.24. The second-order valence-electron chi connectivity index (χ2n) is 5.89. The average molecular weight is 505 g/mol. The van der Waals surface area contributed by atoms with Crippen LogP contribution in [0.25, 0.3) is 0 Å². The van der Waals surface area contributed by atoms with E-state index in [1.54, 1.807) is 0 Å². The van der Waals surface area contributed by atoms with Crippen molar-refractivity contribution in [3.05, 3.63) is 0 Å². The Balaban J connectivity index is 5.39. The van der Waals surface area contributed by atoms with E-state index in [0.29, 0.717) is 0 Å². The van der Waals surface area contributed by atoms with Crippen molar-refractivity contribution >= 4 is 51.7 Å². The van der Waals surface area contributed by atoms with Crippen LogP contribution in [-0.2, 0) is 0 Å². The van der Waals surface area contributed by atoms with E-state index in [2.05, 4.69) is 103 Å². The second-order valence-corrected chi connectivity index (χ2v) is 24.0. The summed E-state index contributed by atoms with van der Waals surface area (Å²) in [5, 5.41) is 0. The molecule has 104 valence electrons. The van der Waals surface area contributed by atoms with Crippen LogP contribution >= 0.6 is 9.28 Å². The normalized spacial score (nSPS) is 14.4. The van der Waals surface area contributed by atoms with Crippen LogP contribution in [0.2, 0.25) is 0 Å². The Bertz CT molecular complexity index is 279. The first-order chi connectivity index (χ1) is 7.48. The molecule has 0 saturated carbocycles. The molecule has 0 heterocycles. The van der Waals surface area contributed by atoms with Crippen molar-refractivity contribution in [2.75, 3.05) is 0 Å². The maximum absolute atomic E-state index is 4.24. The molecule has 0 rings (SSSR count). The average Bonchev–Trinajstić information content (AvgIpc) is 2.15. The Hall–Kier alpha value is 2.40. The van der Waals surface area contributed by atoms with Gasteiger partial charge in [-0.1, -0.05) is 0 Å². The molecule has 0 aromatic rings. The first-order valence-corrected chi connectivity index (χ1v) is 16.4. The number of hydrogen-bond donors (Lipinski definition) is 1. The third kappa shape index (κ3) is 4.71. The Morgan fingerprint density at radius 2 is 0.765 bits per heavy atom. The monoisotopic (exact) mass is 509 g/mol. The first-order valence-electron chi connectivity index (χ1n) is 6.46. The summed E-state index contributed by atoms with van der Waals surface area (Å²) in [5.41, 5.74) is 3.13. The van der Waals surface area contributed by atoms with Crippen LogP contribution in [-0.4, -0.2) is 65.1 Å². The molecular weight excluding hydrogens is 475 g/mol. The van der Waals surface area contributed by atoms with Crippen LogP contribution < -0.4 is 4.86 Å². The molecule has 0 aliphatic rings. The summed E-state index contributed by atoms with van der Waals surface area (Å²) < 4.78 is -2.06. The van der Waals surface area contributed by atoms with Crippen molar-refractivity contribution in [1.82, 2.24) is 4.86 Å². The van der Waals surface area contributed by atoms with Gasteiger partial charge in [-0.15, -0.1) is 0 Å². The molecule has 0 saturated heterocycles. The summed E-state index contributed by atoms with van der Waals surface area (Å²) in [6.07, 6.45) is 0. The zero-order chi connectivity index (χ0) is 14.0. The van der Waals surface area contributed by atoms with Crippen molar-refractivity contribution in [2.24, 2.45) is 0 Å². The number of hydrogen-bond acceptors (Lipinski definition) is 1. The fraction of sp³-hybridized carbons (Fsp3) is 1.00. The third-order valence-electron chi connectivity index (χ3n) is 3.38. The van der Waals surface area contributed by atoms with E-state index >= 15 is 0 Å². The quantitative estimate of drug-likeness (QED) is 0.422. The topological polar surface area (TPSA) is 12.0 Å². The molecule has 0 bridgehead atoms. The van der Waals surface area contributed by atoms with Gasteiger partial charge in [-0.05, 0) is 0 Å². The second kappa shape index (κ2) is 7.42. The van der Waals surface area contributed by atoms with Crippen molar-refractivity contribution in [2.45, 2.75) is 78.0 Å². The van der Waals surface area contributed by atoms with Gasteiger partial charge < -0.3 is 0 Å². The molecule has 0 atom stereocenters. The summed E-state index contributed by atoms with van der Waals surface area (Å²) in [7, 11) is 0. The molecule has 0 aliphatic carbocycles. The Morgan fingerprint density at radius 1 is 0.588 bits per heavy atom.